The van der Waals surface area contributed by atoms with E-state index < -0.39 is 5.97 Å². The first-order chi connectivity index (χ1) is 9.65. The van der Waals surface area contributed by atoms with Gasteiger partial charge in [-0.25, -0.2) is 4.79 Å². The Bertz CT molecular complexity index is 595. The molecular formula is C18H18O2. The van der Waals surface area contributed by atoms with Crippen molar-refractivity contribution in [2.24, 2.45) is 0 Å². The second kappa shape index (κ2) is 6.71. The summed E-state index contributed by atoms with van der Waals surface area (Å²) >= 11 is 0. The van der Waals surface area contributed by atoms with Gasteiger partial charge in [0.05, 0.1) is 0 Å². The first kappa shape index (κ1) is 14.1. The van der Waals surface area contributed by atoms with E-state index in [1.807, 2.05) is 30.3 Å². The lowest BCUT2D eigenvalue weighted by Crippen LogP contribution is -1.95. The Labute approximate surface area is 119 Å². The first-order valence-corrected chi connectivity index (χ1v) is 6.69. The maximum atomic E-state index is 11.0. The summed E-state index contributed by atoms with van der Waals surface area (Å²) in [6.45, 7) is 2.06. The van der Waals surface area contributed by atoms with E-state index in [9.17, 15) is 4.79 Å². The molecule has 0 unspecified atom stereocenters. The molecule has 0 spiro atoms. The van der Waals surface area contributed by atoms with E-state index in [0.29, 0.717) is 0 Å². The third kappa shape index (κ3) is 4.09. The average molecular weight is 266 g/mol. The zero-order valence-corrected chi connectivity index (χ0v) is 11.5. The van der Waals surface area contributed by atoms with Gasteiger partial charge in [-0.3, -0.25) is 0 Å². The summed E-state index contributed by atoms with van der Waals surface area (Å²) in [5.41, 5.74) is 4.29. The molecule has 2 rings (SSSR count). The SMILES string of the molecule is Cc1ccc(CCC(=CC(=O)O)c2ccccc2)cc1. The molecule has 0 bridgehead atoms. The van der Waals surface area contributed by atoms with Crippen LogP contribution in [0.2, 0.25) is 0 Å². The van der Waals surface area contributed by atoms with Gasteiger partial charge < -0.3 is 5.11 Å². The Kier molecular flexibility index (Phi) is 4.72. The largest absolute Gasteiger partial charge is 0.478 e. The first-order valence-electron chi connectivity index (χ1n) is 6.69. The number of hydrogen-bond donors (Lipinski definition) is 1. The highest BCUT2D eigenvalue weighted by Crippen LogP contribution is 2.20. The fourth-order valence-corrected chi connectivity index (χ4v) is 2.13. The molecule has 0 fully saturated rings. The highest BCUT2D eigenvalue weighted by Gasteiger charge is 2.04. The fourth-order valence-electron chi connectivity index (χ4n) is 2.13. The molecule has 0 radical (unpaired) electrons. The molecule has 0 aliphatic carbocycles. The van der Waals surface area contributed by atoms with E-state index in [2.05, 4.69) is 31.2 Å². The number of benzene rings is 2. The van der Waals surface area contributed by atoms with Gasteiger partial charge in [0, 0.05) is 6.08 Å². The number of carboxylic acids is 1. The van der Waals surface area contributed by atoms with Crippen LogP contribution in [0.25, 0.3) is 5.57 Å². The molecular weight excluding hydrogens is 248 g/mol. The lowest BCUT2D eigenvalue weighted by Gasteiger charge is -2.07. The molecule has 2 heteroatoms. The zero-order chi connectivity index (χ0) is 14.4. The average Bonchev–Trinajstić information content (AvgIpc) is 2.46. The zero-order valence-electron chi connectivity index (χ0n) is 11.5. The summed E-state index contributed by atoms with van der Waals surface area (Å²) in [5.74, 6) is -0.896. The summed E-state index contributed by atoms with van der Waals surface area (Å²) in [5, 5.41) is 9.00. The van der Waals surface area contributed by atoms with Crippen molar-refractivity contribution in [1.29, 1.82) is 0 Å². The van der Waals surface area contributed by atoms with Crippen LogP contribution in [0.3, 0.4) is 0 Å². The Morgan fingerprint density at radius 2 is 1.70 bits per heavy atom. The number of hydrogen-bond acceptors (Lipinski definition) is 1. The van der Waals surface area contributed by atoms with Crippen LogP contribution in [0.1, 0.15) is 23.1 Å². The van der Waals surface area contributed by atoms with Crippen LogP contribution in [0, 0.1) is 6.92 Å². The van der Waals surface area contributed by atoms with Crippen molar-refractivity contribution in [3.63, 3.8) is 0 Å². The third-order valence-electron chi connectivity index (χ3n) is 3.25. The van der Waals surface area contributed by atoms with Gasteiger partial charge in [-0.05, 0) is 36.5 Å². The van der Waals surface area contributed by atoms with Gasteiger partial charge in [0.25, 0.3) is 0 Å². The van der Waals surface area contributed by atoms with E-state index >= 15 is 0 Å². The van der Waals surface area contributed by atoms with Crippen LogP contribution < -0.4 is 0 Å². The van der Waals surface area contributed by atoms with E-state index in [4.69, 9.17) is 5.11 Å². The fraction of sp³-hybridized carbons (Fsp3) is 0.167. The number of carboxylic acid groups (broad SMARTS) is 1. The van der Waals surface area contributed by atoms with Gasteiger partial charge in [0.1, 0.15) is 0 Å². The molecule has 0 amide bonds. The van der Waals surface area contributed by atoms with Crippen molar-refractivity contribution in [3.8, 4) is 0 Å². The van der Waals surface area contributed by atoms with Gasteiger partial charge >= 0.3 is 5.97 Å². The van der Waals surface area contributed by atoms with Gasteiger partial charge in [0.2, 0.25) is 0 Å². The minimum atomic E-state index is -0.896. The van der Waals surface area contributed by atoms with Crippen molar-refractivity contribution in [2.45, 2.75) is 19.8 Å². The van der Waals surface area contributed by atoms with Crippen LogP contribution in [0.5, 0.6) is 0 Å². The lowest BCUT2D eigenvalue weighted by molar-refractivity contribution is -0.131. The summed E-state index contributed by atoms with van der Waals surface area (Å²) in [7, 11) is 0. The van der Waals surface area contributed by atoms with Crippen molar-refractivity contribution in [1.82, 2.24) is 0 Å². The van der Waals surface area contributed by atoms with Crippen molar-refractivity contribution in [2.75, 3.05) is 0 Å². The summed E-state index contributed by atoms with van der Waals surface area (Å²) < 4.78 is 0. The van der Waals surface area contributed by atoms with E-state index in [1.54, 1.807) is 0 Å². The van der Waals surface area contributed by atoms with Crippen LogP contribution in [-0.4, -0.2) is 11.1 Å². The van der Waals surface area contributed by atoms with E-state index in [0.717, 1.165) is 24.0 Å². The van der Waals surface area contributed by atoms with Gasteiger partial charge in [-0.1, -0.05) is 60.2 Å². The van der Waals surface area contributed by atoms with Crippen LogP contribution >= 0.6 is 0 Å². The predicted octanol–water partition coefficient (Wildman–Crippen LogP) is 4.10. The highest BCUT2D eigenvalue weighted by molar-refractivity contribution is 5.90. The molecule has 0 saturated heterocycles. The standard InChI is InChI=1S/C18H18O2/c1-14-7-9-15(10-8-14)11-12-17(13-18(19)20)16-5-3-2-4-6-16/h2-10,13H,11-12H2,1H3,(H,19,20). The second-order valence-electron chi connectivity index (χ2n) is 4.86. The Hall–Kier alpha value is -2.35. The predicted molar refractivity (Wildman–Crippen MR) is 81.6 cm³/mol. The molecule has 0 atom stereocenters. The summed E-state index contributed by atoms with van der Waals surface area (Å²) in [4.78, 5) is 11.0. The Balaban J connectivity index is 2.13. The second-order valence-corrected chi connectivity index (χ2v) is 4.86. The molecule has 0 aromatic heterocycles. The van der Waals surface area contributed by atoms with Crippen LogP contribution in [0.15, 0.2) is 60.7 Å². The van der Waals surface area contributed by atoms with Crippen molar-refractivity contribution in [3.05, 3.63) is 77.4 Å². The minimum Gasteiger partial charge on any atom is -0.478 e. The summed E-state index contributed by atoms with van der Waals surface area (Å²) in [6.07, 6.45) is 2.87. The molecule has 2 aromatic carbocycles. The maximum absolute atomic E-state index is 11.0. The molecule has 20 heavy (non-hydrogen) atoms. The molecule has 0 heterocycles. The minimum absolute atomic E-state index is 0.722. The van der Waals surface area contributed by atoms with Crippen molar-refractivity contribution < 1.29 is 9.90 Å². The topological polar surface area (TPSA) is 37.3 Å². The van der Waals surface area contributed by atoms with Crippen LogP contribution in [0.4, 0.5) is 0 Å². The van der Waals surface area contributed by atoms with E-state index in [-0.39, 0.29) is 0 Å². The Morgan fingerprint density at radius 3 is 2.30 bits per heavy atom. The van der Waals surface area contributed by atoms with Crippen LogP contribution in [-0.2, 0) is 11.2 Å². The smallest absolute Gasteiger partial charge is 0.328 e. The normalized spacial score (nSPS) is 11.3. The quantitative estimate of drug-likeness (QED) is 0.827. The molecule has 1 N–H and O–H groups in total. The molecule has 0 saturated carbocycles. The summed E-state index contributed by atoms with van der Waals surface area (Å²) in [6, 6.07) is 18.0. The van der Waals surface area contributed by atoms with Gasteiger partial charge in [-0.15, -0.1) is 0 Å². The molecule has 0 aliphatic rings. The number of allylic oxidation sites excluding steroid dienone is 1. The van der Waals surface area contributed by atoms with Gasteiger partial charge in [0.15, 0.2) is 0 Å². The maximum Gasteiger partial charge on any atom is 0.328 e. The molecule has 102 valence electrons. The van der Waals surface area contributed by atoms with E-state index in [1.165, 1.54) is 17.2 Å². The molecule has 2 nitrogen and oxygen atoms in total. The highest BCUT2D eigenvalue weighted by atomic mass is 16.4. The number of carbonyl (C=O) groups is 1. The van der Waals surface area contributed by atoms with Crippen molar-refractivity contribution >= 4 is 11.5 Å². The number of aliphatic carboxylic acids is 1. The Morgan fingerprint density at radius 1 is 1.05 bits per heavy atom. The lowest BCUT2D eigenvalue weighted by atomic mass is 9.97. The molecule has 2 aromatic rings. The number of aryl methyl sites for hydroxylation is 2. The molecule has 0 aliphatic heterocycles. The van der Waals surface area contributed by atoms with Gasteiger partial charge in [-0.2, -0.15) is 0 Å². The third-order valence-corrected chi connectivity index (χ3v) is 3.25. The monoisotopic (exact) mass is 266 g/mol. The number of rotatable bonds is 5.